The maximum atomic E-state index is 10.3. The standard InChI is InChI=1S/C48H67N5O.C2H6.C2H4/c1-5-10-47(36(3)49)50(4)34-41-31-43(18-15-35(41)2)53-29-27-51(28-30-53)33-37-23-25-52(26-24-37)42-19-16-39(17-20-42)48-45(38-11-7-6-8-12-38)14-9-13-40-32-44(54)21-22-46(40)48;2*1-2/h15-22,31-32,37-38,47,54H,3,5-14,23-30,33-34,49H2,1-2,4H3;1-2H3;1-2H2. The molecule has 2 aliphatic heterocycles. The van der Waals surface area contributed by atoms with Gasteiger partial charge in [-0.2, -0.15) is 0 Å². The summed E-state index contributed by atoms with van der Waals surface area (Å²) in [5, 5.41) is 10.3. The minimum Gasteiger partial charge on any atom is -0.508 e. The first kappa shape index (κ1) is 45.1. The zero-order valence-corrected chi connectivity index (χ0v) is 37.1. The van der Waals surface area contributed by atoms with Crippen molar-refractivity contribution in [1.29, 1.82) is 0 Å². The first-order valence-corrected chi connectivity index (χ1v) is 22.9. The molecule has 0 radical (unpaired) electrons. The summed E-state index contributed by atoms with van der Waals surface area (Å²) >= 11 is 0. The van der Waals surface area contributed by atoms with Gasteiger partial charge in [0.2, 0.25) is 0 Å². The van der Waals surface area contributed by atoms with Crippen LogP contribution in [0.4, 0.5) is 11.4 Å². The van der Waals surface area contributed by atoms with Gasteiger partial charge in [0.05, 0.1) is 0 Å². The van der Waals surface area contributed by atoms with Crippen LogP contribution >= 0.6 is 0 Å². The molecule has 1 unspecified atom stereocenters. The predicted octanol–water partition coefficient (Wildman–Crippen LogP) is 11.4. The van der Waals surface area contributed by atoms with Gasteiger partial charge in [-0.3, -0.25) is 9.80 Å². The molecule has 2 heterocycles. The van der Waals surface area contributed by atoms with Crippen LogP contribution in [0.1, 0.15) is 119 Å². The van der Waals surface area contributed by atoms with Crippen molar-refractivity contribution in [3.63, 3.8) is 0 Å². The molecule has 6 heteroatoms. The van der Waals surface area contributed by atoms with E-state index in [9.17, 15) is 5.11 Å². The van der Waals surface area contributed by atoms with Crippen molar-refractivity contribution in [3.05, 3.63) is 119 Å². The van der Waals surface area contributed by atoms with Crippen LogP contribution in [-0.4, -0.2) is 73.8 Å². The lowest BCUT2D eigenvalue weighted by molar-refractivity contribution is 0.201. The number of anilines is 2. The van der Waals surface area contributed by atoms with Crippen molar-refractivity contribution >= 4 is 16.9 Å². The fourth-order valence-electron chi connectivity index (χ4n) is 10.1. The molecule has 316 valence electrons. The molecule has 7 rings (SSSR count). The van der Waals surface area contributed by atoms with Crippen LogP contribution in [0.25, 0.3) is 5.57 Å². The van der Waals surface area contributed by atoms with Crippen LogP contribution in [-0.2, 0) is 13.0 Å². The number of nitrogens with zero attached hydrogens (tertiary/aromatic N) is 4. The molecule has 2 saturated heterocycles. The topological polar surface area (TPSA) is 59.2 Å². The number of piperidine rings is 1. The van der Waals surface area contributed by atoms with Gasteiger partial charge < -0.3 is 20.6 Å². The average Bonchev–Trinajstić information content (AvgIpc) is 3.45. The van der Waals surface area contributed by atoms with Gasteiger partial charge in [0, 0.05) is 75.5 Å². The number of phenols is 1. The SMILES string of the molecule is C=C.C=C(N)C(CCC)N(C)Cc1cc(N2CCN(CC3CCN(c4ccc(C5=C(C6CCCCC6)CCCc6cc(O)ccc65)cc4)CC3)CC2)ccc1C.CC. The van der Waals surface area contributed by atoms with Gasteiger partial charge in [0.15, 0.2) is 0 Å². The molecule has 3 aromatic carbocycles. The van der Waals surface area contributed by atoms with E-state index in [1.165, 1.54) is 109 Å². The van der Waals surface area contributed by atoms with Crippen molar-refractivity contribution in [2.24, 2.45) is 17.6 Å². The second-order valence-corrected chi connectivity index (χ2v) is 17.1. The molecule has 1 atom stereocenters. The van der Waals surface area contributed by atoms with Crippen molar-refractivity contribution in [1.82, 2.24) is 9.80 Å². The Kier molecular flexibility index (Phi) is 17.4. The smallest absolute Gasteiger partial charge is 0.115 e. The van der Waals surface area contributed by atoms with Crippen LogP contribution < -0.4 is 15.5 Å². The summed E-state index contributed by atoms with van der Waals surface area (Å²) < 4.78 is 0. The number of piperazine rings is 1. The molecule has 0 bridgehead atoms. The second kappa shape index (κ2) is 22.4. The van der Waals surface area contributed by atoms with Crippen molar-refractivity contribution in [3.8, 4) is 5.75 Å². The average molecular weight is 788 g/mol. The Morgan fingerprint density at radius 2 is 1.47 bits per heavy atom. The fourth-order valence-corrected chi connectivity index (χ4v) is 10.1. The minimum atomic E-state index is 0.221. The van der Waals surface area contributed by atoms with Gasteiger partial charge in [-0.05, 0) is 147 Å². The third kappa shape index (κ3) is 11.4. The largest absolute Gasteiger partial charge is 0.508 e. The lowest BCUT2D eigenvalue weighted by atomic mass is 9.78. The summed E-state index contributed by atoms with van der Waals surface area (Å²) in [4.78, 5) is 10.3. The van der Waals surface area contributed by atoms with Gasteiger partial charge in [-0.1, -0.05) is 82.9 Å². The lowest BCUT2D eigenvalue weighted by Gasteiger charge is -2.40. The van der Waals surface area contributed by atoms with Crippen LogP contribution in [0, 0.1) is 18.8 Å². The van der Waals surface area contributed by atoms with E-state index in [0.29, 0.717) is 11.7 Å². The Bertz CT molecular complexity index is 1760. The van der Waals surface area contributed by atoms with E-state index in [0.717, 1.165) is 76.7 Å². The molecule has 1 saturated carbocycles. The Labute approximate surface area is 353 Å². The molecule has 3 aromatic rings. The van der Waals surface area contributed by atoms with E-state index >= 15 is 0 Å². The van der Waals surface area contributed by atoms with Gasteiger partial charge in [0.1, 0.15) is 5.75 Å². The number of rotatable bonds is 12. The number of likely N-dealkylation sites (N-methyl/N-ethyl adjacent to an activating group) is 1. The number of nitrogens with two attached hydrogens (primary N) is 1. The summed E-state index contributed by atoms with van der Waals surface area (Å²) in [6.07, 6.45) is 14.8. The number of allylic oxidation sites excluding steroid dienone is 1. The third-order valence-corrected chi connectivity index (χ3v) is 13.3. The van der Waals surface area contributed by atoms with Crippen LogP contribution in [0.2, 0.25) is 0 Å². The molecule has 58 heavy (non-hydrogen) atoms. The van der Waals surface area contributed by atoms with Crippen molar-refractivity contribution in [2.75, 3.05) is 62.7 Å². The number of fused-ring (bicyclic) bond motifs is 1. The fraction of sp³-hybridized carbons (Fsp3) is 0.538. The summed E-state index contributed by atoms with van der Waals surface area (Å²) in [6.45, 7) is 27.4. The van der Waals surface area contributed by atoms with Gasteiger partial charge in [0.25, 0.3) is 0 Å². The zero-order valence-electron chi connectivity index (χ0n) is 37.1. The van der Waals surface area contributed by atoms with Gasteiger partial charge in [-0.15, -0.1) is 13.2 Å². The highest BCUT2D eigenvalue weighted by molar-refractivity contribution is 5.85. The van der Waals surface area contributed by atoms with Crippen molar-refractivity contribution in [2.45, 2.75) is 117 Å². The molecule has 4 aliphatic rings. The van der Waals surface area contributed by atoms with E-state index < -0.39 is 0 Å². The van der Waals surface area contributed by atoms with E-state index in [2.05, 4.69) is 109 Å². The minimum absolute atomic E-state index is 0.221. The first-order chi connectivity index (χ1) is 28.3. The predicted molar refractivity (Wildman–Crippen MR) is 251 cm³/mol. The second-order valence-electron chi connectivity index (χ2n) is 17.1. The highest BCUT2D eigenvalue weighted by Gasteiger charge is 2.28. The third-order valence-electron chi connectivity index (χ3n) is 13.3. The maximum Gasteiger partial charge on any atom is 0.115 e. The van der Waals surface area contributed by atoms with Gasteiger partial charge >= 0.3 is 0 Å². The Hall–Kier alpha value is -4.00. The molecule has 3 fully saturated rings. The highest BCUT2D eigenvalue weighted by atomic mass is 16.3. The van der Waals surface area contributed by atoms with E-state index in [4.69, 9.17) is 5.73 Å². The van der Waals surface area contributed by atoms with Crippen molar-refractivity contribution < 1.29 is 5.11 Å². The van der Waals surface area contributed by atoms with Crippen LogP contribution in [0.5, 0.6) is 5.75 Å². The number of aromatic hydroxyl groups is 1. The Morgan fingerprint density at radius 3 is 2.12 bits per heavy atom. The number of hydrogen-bond donors (Lipinski definition) is 2. The number of benzene rings is 3. The highest BCUT2D eigenvalue weighted by Crippen LogP contribution is 2.43. The summed E-state index contributed by atoms with van der Waals surface area (Å²) in [5.41, 5.74) is 19.6. The number of phenolic OH excluding ortho intramolecular Hbond substituents is 1. The Morgan fingerprint density at radius 1 is 0.810 bits per heavy atom. The van der Waals surface area contributed by atoms with Crippen LogP contribution in [0.15, 0.2) is 91.7 Å². The summed E-state index contributed by atoms with van der Waals surface area (Å²) in [6, 6.07) is 22.9. The molecule has 3 N–H and O–H groups in total. The first-order valence-electron chi connectivity index (χ1n) is 22.9. The lowest BCUT2D eigenvalue weighted by Crippen LogP contribution is -2.49. The maximum absolute atomic E-state index is 10.3. The quantitative estimate of drug-likeness (QED) is 0.178. The summed E-state index contributed by atoms with van der Waals surface area (Å²) in [5.74, 6) is 1.86. The van der Waals surface area contributed by atoms with E-state index in [1.807, 2.05) is 26.0 Å². The Balaban J connectivity index is 0.00000155. The normalized spacial score (nSPS) is 18.7. The molecule has 0 aromatic heterocycles. The summed E-state index contributed by atoms with van der Waals surface area (Å²) in [7, 11) is 2.18. The zero-order chi connectivity index (χ0) is 41.6. The molecule has 6 nitrogen and oxygen atoms in total. The van der Waals surface area contributed by atoms with E-state index in [-0.39, 0.29) is 6.04 Å². The molecular formula is C52H77N5O. The van der Waals surface area contributed by atoms with Crippen LogP contribution in [0.3, 0.4) is 0 Å². The molecular weight excluding hydrogens is 711 g/mol. The molecule has 0 amide bonds. The molecule has 2 aliphatic carbocycles. The monoisotopic (exact) mass is 788 g/mol. The molecule has 0 spiro atoms. The number of hydrogen-bond acceptors (Lipinski definition) is 6. The number of aryl methyl sites for hydroxylation is 2. The van der Waals surface area contributed by atoms with E-state index in [1.54, 1.807) is 5.57 Å². The van der Waals surface area contributed by atoms with Gasteiger partial charge in [-0.25, -0.2) is 0 Å².